The number of rotatable bonds is 3. The van der Waals surface area contributed by atoms with Gasteiger partial charge in [0.2, 0.25) is 0 Å². The van der Waals surface area contributed by atoms with Gasteiger partial charge in [-0.1, -0.05) is 6.92 Å². The monoisotopic (exact) mass is 268 g/mol. The van der Waals surface area contributed by atoms with Crippen LogP contribution in [0.1, 0.15) is 12.5 Å². The molecule has 1 aromatic heterocycles. The summed E-state index contributed by atoms with van der Waals surface area (Å²) in [5, 5.41) is 17.2. The summed E-state index contributed by atoms with van der Waals surface area (Å²) in [6, 6.07) is 1.31. The molecule has 0 radical (unpaired) electrons. The van der Waals surface area contributed by atoms with Gasteiger partial charge in [-0.3, -0.25) is 15.2 Å². The van der Waals surface area contributed by atoms with Crippen molar-refractivity contribution < 1.29 is 13.7 Å². The second-order valence-electron chi connectivity index (χ2n) is 3.86. The molecule has 0 atom stereocenters. The van der Waals surface area contributed by atoms with E-state index in [0.717, 1.165) is 6.07 Å². The Bertz CT molecular complexity index is 654. The van der Waals surface area contributed by atoms with Gasteiger partial charge in [0, 0.05) is 5.56 Å². The zero-order valence-electron chi connectivity index (χ0n) is 9.91. The first-order valence-corrected chi connectivity index (χ1v) is 5.42. The van der Waals surface area contributed by atoms with E-state index in [1.807, 2.05) is 0 Å². The van der Waals surface area contributed by atoms with Gasteiger partial charge in [0.05, 0.1) is 22.2 Å². The molecule has 0 aliphatic heterocycles. The predicted octanol–water partition coefficient (Wildman–Crippen LogP) is 2.41. The van der Waals surface area contributed by atoms with Gasteiger partial charge in [-0.05, 0) is 12.5 Å². The zero-order chi connectivity index (χ0) is 14.2. The van der Waals surface area contributed by atoms with E-state index in [0.29, 0.717) is 18.1 Å². The minimum Gasteiger partial charge on any atom is -0.382 e. The fraction of sp³-hybridized carbons (Fsp3) is 0.182. The Morgan fingerprint density at radius 2 is 2.05 bits per heavy atom. The number of nitrogens with one attached hydrogen (secondary N) is 1. The molecule has 0 aliphatic rings. The number of hydrogen-bond donors (Lipinski definition) is 2. The second-order valence-corrected chi connectivity index (χ2v) is 3.86. The molecule has 0 saturated carbocycles. The summed E-state index contributed by atoms with van der Waals surface area (Å²) in [6.07, 6.45) is 0.452. The maximum Gasteiger partial charge on any atom is 0.281 e. The quantitative estimate of drug-likeness (QED) is 0.659. The lowest BCUT2D eigenvalue weighted by molar-refractivity contribution is -0.384. The van der Waals surface area contributed by atoms with Crippen molar-refractivity contribution in [3.8, 4) is 11.3 Å². The van der Waals surface area contributed by atoms with Crippen molar-refractivity contribution >= 4 is 11.5 Å². The number of halogens is 2. The first kappa shape index (κ1) is 12.9. The van der Waals surface area contributed by atoms with Crippen LogP contribution in [0.2, 0.25) is 0 Å². The lowest BCUT2D eigenvalue weighted by atomic mass is 10.0. The molecule has 6 nitrogen and oxygen atoms in total. The van der Waals surface area contributed by atoms with Crippen LogP contribution in [0.25, 0.3) is 11.3 Å². The fourth-order valence-corrected chi connectivity index (χ4v) is 1.85. The summed E-state index contributed by atoms with van der Waals surface area (Å²) >= 11 is 0. The van der Waals surface area contributed by atoms with Crippen LogP contribution in [0.15, 0.2) is 12.1 Å². The van der Waals surface area contributed by atoms with Gasteiger partial charge in [-0.25, -0.2) is 8.78 Å². The summed E-state index contributed by atoms with van der Waals surface area (Å²) in [4.78, 5) is 10.1. The molecule has 3 N–H and O–H groups in total. The number of nitrogens with two attached hydrogens (primary N) is 1. The molecular weight excluding hydrogens is 258 g/mol. The largest absolute Gasteiger partial charge is 0.382 e. The molecule has 0 unspecified atom stereocenters. The van der Waals surface area contributed by atoms with E-state index in [-0.39, 0.29) is 17.1 Å². The summed E-state index contributed by atoms with van der Waals surface area (Å²) in [7, 11) is 0. The third-order valence-electron chi connectivity index (χ3n) is 2.76. The molecule has 0 aliphatic carbocycles. The molecule has 0 amide bonds. The minimum absolute atomic E-state index is 0.0787. The van der Waals surface area contributed by atoms with E-state index in [4.69, 9.17) is 5.73 Å². The van der Waals surface area contributed by atoms with Gasteiger partial charge in [-0.2, -0.15) is 5.10 Å². The number of hydrogen-bond acceptors (Lipinski definition) is 4. The number of aromatic nitrogens is 2. The number of nitrogens with zero attached hydrogens (tertiary/aromatic N) is 2. The molecule has 19 heavy (non-hydrogen) atoms. The van der Waals surface area contributed by atoms with Crippen molar-refractivity contribution in [3.05, 3.63) is 39.4 Å². The molecule has 2 rings (SSSR count). The number of nitro groups is 1. The molecule has 8 heteroatoms. The maximum absolute atomic E-state index is 13.3. The van der Waals surface area contributed by atoms with Crippen LogP contribution in [0, 0.1) is 21.7 Å². The maximum atomic E-state index is 13.3. The standard InChI is InChI=1S/C11H10F2N4O2/c1-2-5-10(15-16-11(5)14)6-3-7(12)8(13)4-9(6)17(18)19/h3-4H,2H2,1H3,(H3,14,15,16). The highest BCUT2D eigenvalue weighted by Gasteiger charge is 2.23. The third-order valence-corrected chi connectivity index (χ3v) is 2.76. The van der Waals surface area contributed by atoms with Crippen LogP contribution < -0.4 is 5.73 Å². The Labute approximate surface area is 106 Å². The Hall–Kier alpha value is -2.51. The lowest BCUT2D eigenvalue weighted by Crippen LogP contribution is -1.98. The average molecular weight is 268 g/mol. The Morgan fingerprint density at radius 1 is 1.42 bits per heavy atom. The molecule has 100 valence electrons. The van der Waals surface area contributed by atoms with Gasteiger partial charge in [0.1, 0.15) is 5.82 Å². The topological polar surface area (TPSA) is 97.8 Å². The summed E-state index contributed by atoms with van der Waals surface area (Å²) in [5.74, 6) is -2.27. The van der Waals surface area contributed by atoms with E-state index in [2.05, 4.69) is 10.2 Å². The van der Waals surface area contributed by atoms with Gasteiger partial charge in [-0.15, -0.1) is 0 Å². The van der Waals surface area contributed by atoms with Crippen LogP contribution in [0.5, 0.6) is 0 Å². The Kier molecular flexibility index (Phi) is 3.16. The Morgan fingerprint density at radius 3 is 2.63 bits per heavy atom. The smallest absolute Gasteiger partial charge is 0.281 e. The normalized spacial score (nSPS) is 10.7. The highest BCUT2D eigenvalue weighted by Crippen LogP contribution is 2.34. The van der Waals surface area contributed by atoms with E-state index >= 15 is 0 Å². The molecule has 0 spiro atoms. The van der Waals surface area contributed by atoms with Crippen LogP contribution >= 0.6 is 0 Å². The van der Waals surface area contributed by atoms with Crippen LogP contribution in [0.4, 0.5) is 20.3 Å². The highest BCUT2D eigenvalue weighted by atomic mass is 19.2. The first-order chi connectivity index (χ1) is 8.95. The second kappa shape index (κ2) is 4.63. The number of benzene rings is 1. The molecule has 2 aromatic rings. The van der Waals surface area contributed by atoms with Crippen molar-refractivity contribution in [2.45, 2.75) is 13.3 Å². The number of H-pyrrole nitrogens is 1. The van der Waals surface area contributed by atoms with Gasteiger partial charge in [0.25, 0.3) is 5.69 Å². The molecule has 1 heterocycles. The highest BCUT2D eigenvalue weighted by molar-refractivity contribution is 5.76. The molecule has 0 fully saturated rings. The van der Waals surface area contributed by atoms with E-state index in [1.165, 1.54) is 0 Å². The van der Waals surface area contributed by atoms with Gasteiger partial charge < -0.3 is 5.73 Å². The van der Waals surface area contributed by atoms with Crippen molar-refractivity contribution in [1.82, 2.24) is 10.2 Å². The lowest BCUT2D eigenvalue weighted by Gasteiger charge is -2.04. The van der Waals surface area contributed by atoms with Crippen molar-refractivity contribution in [2.24, 2.45) is 0 Å². The molecular formula is C11H10F2N4O2. The van der Waals surface area contributed by atoms with Gasteiger partial charge in [0.15, 0.2) is 11.6 Å². The SMILES string of the molecule is CCc1c(N)n[nH]c1-c1cc(F)c(F)cc1[N+](=O)[O-]. The summed E-state index contributed by atoms with van der Waals surface area (Å²) < 4.78 is 26.4. The van der Waals surface area contributed by atoms with Crippen LogP contribution in [-0.4, -0.2) is 15.1 Å². The molecule has 0 saturated heterocycles. The van der Waals surface area contributed by atoms with E-state index in [1.54, 1.807) is 6.92 Å². The number of anilines is 1. The zero-order valence-corrected chi connectivity index (χ0v) is 9.91. The fourth-order valence-electron chi connectivity index (χ4n) is 1.85. The van der Waals surface area contributed by atoms with Crippen molar-refractivity contribution in [2.75, 3.05) is 5.73 Å². The summed E-state index contributed by atoms with van der Waals surface area (Å²) in [6.45, 7) is 1.77. The minimum atomic E-state index is -1.28. The first-order valence-electron chi connectivity index (χ1n) is 5.42. The average Bonchev–Trinajstić information content (AvgIpc) is 2.72. The summed E-state index contributed by atoms with van der Waals surface area (Å²) in [5.41, 5.74) is 5.73. The Balaban J connectivity index is 2.73. The van der Waals surface area contributed by atoms with Crippen LogP contribution in [0.3, 0.4) is 0 Å². The third kappa shape index (κ3) is 2.12. The van der Waals surface area contributed by atoms with Crippen molar-refractivity contribution in [3.63, 3.8) is 0 Å². The van der Waals surface area contributed by atoms with E-state index < -0.39 is 22.2 Å². The van der Waals surface area contributed by atoms with E-state index in [9.17, 15) is 18.9 Å². The number of aromatic amines is 1. The molecule has 0 bridgehead atoms. The van der Waals surface area contributed by atoms with Gasteiger partial charge >= 0.3 is 0 Å². The number of nitrogen functional groups attached to an aromatic ring is 1. The van der Waals surface area contributed by atoms with Crippen LogP contribution in [-0.2, 0) is 6.42 Å². The number of nitro benzene ring substituents is 1. The molecule has 1 aromatic carbocycles. The van der Waals surface area contributed by atoms with Crippen molar-refractivity contribution in [1.29, 1.82) is 0 Å². The predicted molar refractivity (Wildman–Crippen MR) is 64.4 cm³/mol.